The summed E-state index contributed by atoms with van der Waals surface area (Å²) in [5, 5.41) is 5.86. The number of carbonyl (C=O) groups excluding carboxylic acids is 1. The van der Waals surface area contributed by atoms with Gasteiger partial charge in [-0.05, 0) is 54.8 Å². The van der Waals surface area contributed by atoms with E-state index >= 15 is 0 Å². The molecular weight excluding hydrogens is 483 g/mol. The molecule has 2 aromatic heterocycles. The lowest BCUT2D eigenvalue weighted by atomic mass is 10.1. The average molecular weight is 507 g/mol. The molecule has 2 N–H and O–H groups in total. The highest BCUT2D eigenvalue weighted by molar-refractivity contribution is 6.32. The first-order valence-corrected chi connectivity index (χ1v) is 11.9. The molecule has 0 unspecified atom stereocenters. The van der Waals surface area contributed by atoms with Gasteiger partial charge < -0.3 is 15.4 Å². The topological polar surface area (TPSA) is 99.2 Å². The third-order valence-electron chi connectivity index (χ3n) is 6.24. The normalized spacial score (nSPS) is 15.7. The number of nitrogens with two attached hydrogens (primary N) is 1. The van der Waals surface area contributed by atoms with Gasteiger partial charge in [0.15, 0.2) is 5.65 Å². The van der Waals surface area contributed by atoms with E-state index in [1.54, 1.807) is 29.2 Å². The molecule has 0 aliphatic carbocycles. The molecule has 1 atom stereocenters. The summed E-state index contributed by atoms with van der Waals surface area (Å²) in [6.07, 6.45) is 4.42. The Labute approximate surface area is 212 Å². The van der Waals surface area contributed by atoms with Crippen molar-refractivity contribution in [1.82, 2.24) is 24.6 Å². The standard InChI is InChI=1S/C26H24ClFN6O2/c1-2-22(35)33-10-4-7-19(13-33)34-26-23(25(29)30-15-31-26)24(32-34)17-8-9-21(20(27)12-17)36-14-16-5-3-6-18(28)11-16/h2-3,5-6,8-9,11-12,15,19H,1,4,7,10,13-14H2,(H2,29,30,31)/t19-/m0/s1. The summed E-state index contributed by atoms with van der Waals surface area (Å²) in [7, 11) is 0. The molecule has 1 fully saturated rings. The largest absolute Gasteiger partial charge is 0.487 e. The number of rotatable bonds is 6. The van der Waals surface area contributed by atoms with Crippen LogP contribution in [0.1, 0.15) is 24.4 Å². The van der Waals surface area contributed by atoms with Crippen LogP contribution in [0.3, 0.4) is 0 Å². The smallest absolute Gasteiger partial charge is 0.246 e. The Bertz CT molecular complexity index is 1460. The number of halogens is 2. The van der Waals surface area contributed by atoms with E-state index in [0.29, 0.717) is 52.0 Å². The van der Waals surface area contributed by atoms with E-state index in [1.165, 1.54) is 24.5 Å². The van der Waals surface area contributed by atoms with Crippen molar-refractivity contribution in [2.45, 2.75) is 25.5 Å². The fourth-order valence-electron chi connectivity index (χ4n) is 4.49. The number of nitrogens with zero attached hydrogens (tertiary/aromatic N) is 5. The maximum absolute atomic E-state index is 13.5. The predicted molar refractivity (Wildman–Crippen MR) is 136 cm³/mol. The van der Waals surface area contributed by atoms with Crippen LogP contribution in [0.15, 0.2) is 61.4 Å². The van der Waals surface area contributed by atoms with Gasteiger partial charge in [0.05, 0.1) is 16.5 Å². The van der Waals surface area contributed by atoms with Crippen molar-refractivity contribution in [2.75, 3.05) is 18.8 Å². The summed E-state index contributed by atoms with van der Waals surface area (Å²) < 4.78 is 21.1. The van der Waals surface area contributed by atoms with E-state index in [9.17, 15) is 9.18 Å². The van der Waals surface area contributed by atoms with Gasteiger partial charge in [-0.1, -0.05) is 30.3 Å². The number of nitrogen functional groups attached to an aromatic ring is 1. The lowest BCUT2D eigenvalue weighted by Crippen LogP contribution is -2.40. The molecule has 10 heteroatoms. The zero-order chi connectivity index (χ0) is 25.2. The molecule has 3 heterocycles. The number of hydrogen-bond acceptors (Lipinski definition) is 6. The Kier molecular flexibility index (Phi) is 6.56. The second-order valence-corrected chi connectivity index (χ2v) is 9.01. The van der Waals surface area contributed by atoms with Crippen LogP contribution in [0, 0.1) is 5.82 Å². The SMILES string of the molecule is C=CC(=O)N1CCC[C@H](n2nc(-c3ccc(OCc4cccc(F)c4)c(Cl)c3)c3c(N)ncnc32)C1. The van der Waals surface area contributed by atoms with Gasteiger partial charge in [0.25, 0.3) is 0 Å². The monoisotopic (exact) mass is 506 g/mol. The highest BCUT2D eigenvalue weighted by Crippen LogP contribution is 2.37. The number of fused-ring (bicyclic) bond motifs is 1. The molecule has 0 bridgehead atoms. The summed E-state index contributed by atoms with van der Waals surface area (Å²) >= 11 is 6.54. The van der Waals surface area contributed by atoms with Gasteiger partial charge in [-0.25, -0.2) is 19.0 Å². The minimum Gasteiger partial charge on any atom is -0.487 e. The van der Waals surface area contributed by atoms with Crippen molar-refractivity contribution in [3.63, 3.8) is 0 Å². The van der Waals surface area contributed by atoms with Crippen molar-refractivity contribution < 1.29 is 13.9 Å². The number of piperidine rings is 1. The van der Waals surface area contributed by atoms with Crippen molar-refractivity contribution in [3.8, 4) is 17.0 Å². The first-order chi connectivity index (χ1) is 17.4. The van der Waals surface area contributed by atoms with Crippen LogP contribution in [-0.4, -0.2) is 43.6 Å². The molecule has 1 saturated heterocycles. The number of amides is 1. The van der Waals surface area contributed by atoms with E-state index in [-0.39, 0.29) is 24.4 Å². The molecule has 8 nitrogen and oxygen atoms in total. The zero-order valence-electron chi connectivity index (χ0n) is 19.4. The van der Waals surface area contributed by atoms with Crippen LogP contribution in [0.25, 0.3) is 22.3 Å². The maximum Gasteiger partial charge on any atom is 0.246 e. The number of benzene rings is 2. The van der Waals surface area contributed by atoms with E-state index in [2.05, 4.69) is 16.5 Å². The molecular formula is C26H24ClFN6O2. The molecule has 1 aliphatic rings. The number of likely N-dealkylation sites (tertiary alicyclic amines) is 1. The van der Waals surface area contributed by atoms with Gasteiger partial charge in [-0.3, -0.25) is 4.79 Å². The minimum absolute atomic E-state index is 0.0717. The number of aromatic nitrogens is 4. The third kappa shape index (κ3) is 4.61. The quantitative estimate of drug-likeness (QED) is 0.377. The van der Waals surface area contributed by atoms with Crippen molar-refractivity contribution in [1.29, 1.82) is 0 Å². The Morgan fingerprint density at radius 1 is 1.28 bits per heavy atom. The summed E-state index contributed by atoms with van der Waals surface area (Å²) in [6, 6.07) is 11.5. The highest BCUT2D eigenvalue weighted by atomic mass is 35.5. The molecule has 1 amide bonds. The Morgan fingerprint density at radius 3 is 2.92 bits per heavy atom. The summed E-state index contributed by atoms with van der Waals surface area (Å²) in [5.74, 6) is 0.336. The molecule has 1 aliphatic heterocycles. The van der Waals surface area contributed by atoms with E-state index in [0.717, 1.165) is 18.4 Å². The molecule has 5 rings (SSSR count). The molecule has 36 heavy (non-hydrogen) atoms. The second kappa shape index (κ2) is 9.94. The van der Waals surface area contributed by atoms with Crippen LogP contribution >= 0.6 is 11.6 Å². The van der Waals surface area contributed by atoms with Crippen LogP contribution in [0.2, 0.25) is 5.02 Å². The molecule has 0 radical (unpaired) electrons. The molecule has 0 saturated carbocycles. The molecule has 0 spiro atoms. The summed E-state index contributed by atoms with van der Waals surface area (Å²) in [6.45, 7) is 4.95. The van der Waals surface area contributed by atoms with Crippen LogP contribution in [0.4, 0.5) is 10.2 Å². The second-order valence-electron chi connectivity index (χ2n) is 8.60. The molecule has 184 valence electrons. The first-order valence-electron chi connectivity index (χ1n) is 11.5. The maximum atomic E-state index is 13.5. The van der Waals surface area contributed by atoms with E-state index < -0.39 is 0 Å². The number of hydrogen-bond donors (Lipinski definition) is 1. The van der Waals surface area contributed by atoms with Crippen LogP contribution in [0.5, 0.6) is 5.75 Å². The highest BCUT2D eigenvalue weighted by Gasteiger charge is 2.28. The van der Waals surface area contributed by atoms with E-state index in [4.69, 9.17) is 27.2 Å². The van der Waals surface area contributed by atoms with Crippen LogP contribution < -0.4 is 10.5 Å². The Balaban J connectivity index is 1.47. The van der Waals surface area contributed by atoms with Crippen molar-refractivity contribution in [3.05, 3.63) is 77.9 Å². The number of ether oxygens (including phenoxy) is 1. The Hall–Kier alpha value is -3.98. The van der Waals surface area contributed by atoms with Gasteiger partial charge in [0.2, 0.25) is 5.91 Å². The molecule has 2 aromatic carbocycles. The third-order valence-corrected chi connectivity index (χ3v) is 6.53. The van der Waals surface area contributed by atoms with Gasteiger partial charge in [-0.2, -0.15) is 5.10 Å². The van der Waals surface area contributed by atoms with Crippen molar-refractivity contribution >= 4 is 34.4 Å². The molecule has 4 aromatic rings. The van der Waals surface area contributed by atoms with Gasteiger partial charge >= 0.3 is 0 Å². The summed E-state index contributed by atoms with van der Waals surface area (Å²) in [5.41, 5.74) is 8.86. The van der Waals surface area contributed by atoms with Gasteiger partial charge in [0.1, 0.15) is 36.0 Å². The lowest BCUT2D eigenvalue weighted by Gasteiger charge is -2.32. The first kappa shape index (κ1) is 23.7. The number of carbonyl (C=O) groups is 1. The van der Waals surface area contributed by atoms with Crippen molar-refractivity contribution in [2.24, 2.45) is 0 Å². The fourth-order valence-corrected chi connectivity index (χ4v) is 4.72. The van der Waals surface area contributed by atoms with E-state index in [1.807, 2.05) is 10.7 Å². The lowest BCUT2D eigenvalue weighted by molar-refractivity contribution is -0.127. The number of anilines is 1. The minimum atomic E-state index is -0.324. The van der Waals surface area contributed by atoms with Crippen LogP contribution in [-0.2, 0) is 11.4 Å². The summed E-state index contributed by atoms with van der Waals surface area (Å²) in [4.78, 5) is 22.6. The van der Waals surface area contributed by atoms with Gasteiger partial charge in [-0.15, -0.1) is 0 Å². The fraction of sp³-hybridized carbons (Fsp3) is 0.231. The predicted octanol–water partition coefficient (Wildman–Crippen LogP) is 4.80. The van der Waals surface area contributed by atoms with Gasteiger partial charge in [0, 0.05) is 18.7 Å². The Morgan fingerprint density at radius 2 is 2.14 bits per heavy atom. The zero-order valence-corrected chi connectivity index (χ0v) is 20.2. The average Bonchev–Trinajstić information content (AvgIpc) is 3.29.